The Morgan fingerprint density at radius 1 is 0.972 bits per heavy atom. The maximum absolute atomic E-state index is 5.58. The zero-order valence-electron chi connectivity index (χ0n) is 21.2. The monoisotopic (exact) mass is 487 g/mol. The van der Waals surface area contributed by atoms with Crippen molar-refractivity contribution in [3.8, 4) is 11.5 Å². The summed E-state index contributed by atoms with van der Waals surface area (Å²) in [6, 6.07) is 21.9. The molecule has 0 N–H and O–H groups in total. The van der Waals surface area contributed by atoms with Crippen LogP contribution in [0.25, 0.3) is 0 Å². The van der Waals surface area contributed by atoms with Crippen molar-refractivity contribution < 1.29 is 14.2 Å². The standard InChI is InChI=1S/C30H37N3O3/c1-34-17-16-33(22-26-8-5-13-31-20-26)28(18-24-6-3-2-4-7-24)27-11-14-32(15-12-27)21-25-9-10-29-30(19-25)36-23-35-29/h2-10,13,19-20,27-28H,11-12,14-18,21-23H2,1H3/t28-/m0/s1. The lowest BCUT2D eigenvalue weighted by molar-refractivity contribution is 0.0571. The van der Waals surface area contributed by atoms with Gasteiger partial charge in [-0.2, -0.15) is 0 Å². The van der Waals surface area contributed by atoms with E-state index < -0.39 is 0 Å². The van der Waals surface area contributed by atoms with Crippen LogP contribution in [0.15, 0.2) is 73.1 Å². The molecule has 0 amide bonds. The van der Waals surface area contributed by atoms with E-state index in [4.69, 9.17) is 14.2 Å². The lowest BCUT2D eigenvalue weighted by atomic mass is 9.84. The molecule has 3 heterocycles. The first-order valence-corrected chi connectivity index (χ1v) is 13.0. The van der Waals surface area contributed by atoms with Gasteiger partial charge < -0.3 is 14.2 Å². The van der Waals surface area contributed by atoms with E-state index in [9.17, 15) is 0 Å². The van der Waals surface area contributed by atoms with E-state index in [0.717, 1.165) is 57.3 Å². The van der Waals surface area contributed by atoms with Crippen molar-refractivity contribution in [3.63, 3.8) is 0 Å². The molecule has 5 rings (SSSR count). The number of aromatic nitrogens is 1. The predicted octanol–water partition coefficient (Wildman–Crippen LogP) is 4.78. The average Bonchev–Trinajstić information content (AvgIpc) is 3.40. The van der Waals surface area contributed by atoms with Crippen LogP contribution in [0.2, 0.25) is 0 Å². The first kappa shape index (κ1) is 24.8. The summed E-state index contributed by atoms with van der Waals surface area (Å²) < 4.78 is 16.6. The topological polar surface area (TPSA) is 47.1 Å². The molecule has 0 radical (unpaired) electrons. The van der Waals surface area contributed by atoms with Crippen LogP contribution >= 0.6 is 0 Å². The number of methoxy groups -OCH3 is 1. The molecule has 6 nitrogen and oxygen atoms in total. The Kier molecular flexibility index (Phi) is 8.49. The predicted molar refractivity (Wildman–Crippen MR) is 141 cm³/mol. The molecular weight excluding hydrogens is 450 g/mol. The molecule has 2 aliphatic heterocycles. The van der Waals surface area contributed by atoms with Gasteiger partial charge in [0.15, 0.2) is 11.5 Å². The Morgan fingerprint density at radius 2 is 1.78 bits per heavy atom. The van der Waals surface area contributed by atoms with Gasteiger partial charge >= 0.3 is 0 Å². The summed E-state index contributed by atoms with van der Waals surface area (Å²) in [6.45, 7) is 6.03. The van der Waals surface area contributed by atoms with Gasteiger partial charge in [-0.3, -0.25) is 14.8 Å². The minimum atomic E-state index is 0.325. The smallest absolute Gasteiger partial charge is 0.231 e. The number of rotatable bonds is 11. The fourth-order valence-electron chi connectivity index (χ4n) is 5.54. The fourth-order valence-corrected chi connectivity index (χ4v) is 5.54. The summed E-state index contributed by atoms with van der Waals surface area (Å²) in [7, 11) is 1.79. The Hall–Kier alpha value is -2.93. The van der Waals surface area contributed by atoms with Gasteiger partial charge in [-0.05, 0) is 73.2 Å². The second-order valence-corrected chi connectivity index (χ2v) is 9.88. The SMILES string of the molecule is COCCN(Cc1cccnc1)[C@@H](Cc1ccccc1)C1CCN(Cc2ccc3c(c2)OCO3)CC1. The second-order valence-electron chi connectivity index (χ2n) is 9.88. The van der Waals surface area contributed by atoms with Crippen LogP contribution in [-0.4, -0.2) is 61.0 Å². The van der Waals surface area contributed by atoms with Crippen LogP contribution < -0.4 is 9.47 Å². The lowest BCUT2D eigenvalue weighted by Crippen LogP contribution is -2.47. The molecule has 2 aromatic carbocycles. The van der Waals surface area contributed by atoms with Crippen LogP contribution in [0.4, 0.5) is 0 Å². The molecule has 2 aliphatic rings. The van der Waals surface area contributed by atoms with Crippen LogP contribution in [0.3, 0.4) is 0 Å². The van der Waals surface area contributed by atoms with Crippen molar-refractivity contribution >= 4 is 0 Å². The molecule has 6 heteroatoms. The Bertz CT molecular complexity index is 1070. The maximum atomic E-state index is 5.58. The number of pyridine rings is 1. The van der Waals surface area contributed by atoms with Crippen molar-refractivity contribution in [1.29, 1.82) is 0 Å². The van der Waals surface area contributed by atoms with E-state index in [1.54, 1.807) is 7.11 Å². The Morgan fingerprint density at radius 3 is 2.56 bits per heavy atom. The summed E-state index contributed by atoms with van der Waals surface area (Å²) in [5.74, 6) is 2.35. The van der Waals surface area contributed by atoms with E-state index in [0.29, 0.717) is 18.8 Å². The van der Waals surface area contributed by atoms with Crippen molar-refractivity contribution in [1.82, 2.24) is 14.8 Å². The molecule has 0 bridgehead atoms. The van der Waals surface area contributed by atoms with E-state index in [-0.39, 0.29) is 0 Å². The van der Waals surface area contributed by atoms with Crippen molar-refractivity contribution in [2.24, 2.45) is 5.92 Å². The lowest BCUT2D eigenvalue weighted by Gasteiger charge is -2.41. The van der Waals surface area contributed by atoms with Gasteiger partial charge in [-0.15, -0.1) is 0 Å². The van der Waals surface area contributed by atoms with Crippen LogP contribution in [0.1, 0.15) is 29.5 Å². The third-order valence-electron chi connectivity index (χ3n) is 7.47. The second kappa shape index (κ2) is 12.3. The highest BCUT2D eigenvalue weighted by molar-refractivity contribution is 5.44. The van der Waals surface area contributed by atoms with E-state index >= 15 is 0 Å². The molecule has 36 heavy (non-hydrogen) atoms. The van der Waals surface area contributed by atoms with E-state index in [2.05, 4.69) is 63.3 Å². The molecule has 0 saturated carbocycles. The van der Waals surface area contributed by atoms with Crippen LogP contribution in [0, 0.1) is 5.92 Å². The molecule has 0 spiro atoms. The number of hydrogen-bond acceptors (Lipinski definition) is 6. The molecule has 0 aliphatic carbocycles. The van der Waals surface area contributed by atoms with Crippen molar-refractivity contribution in [2.45, 2.75) is 38.4 Å². The van der Waals surface area contributed by atoms with Crippen molar-refractivity contribution in [2.75, 3.05) is 40.1 Å². The highest BCUT2D eigenvalue weighted by atomic mass is 16.7. The molecule has 1 aromatic heterocycles. The number of piperidine rings is 1. The van der Waals surface area contributed by atoms with E-state index in [1.165, 1.54) is 29.5 Å². The normalized spacial score (nSPS) is 16.9. The largest absolute Gasteiger partial charge is 0.454 e. The van der Waals surface area contributed by atoms with E-state index in [1.807, 2.05) is 24.5 Å². The van der Waals surface area contributed by atoms with Crippen LogP contribution in [0.5, 0.6) is 11.5 Å². The zero-order chi connectivity index (χ0) is 24.6. The summed E-state index contributed by atoms with van der Waals surface area (Å²) in [5.41, 5.74) is 3.95. The number of fused-ring (bicyclic) bond motifs is 1. The van der Waals surface area contributed by atoms with Gasteiger partial charge in [0.2, 0.25) is 6.79 Å². The third kappa shape index (κ3) is 6.44. The first-order chi connectivity index (χ1) is 17.8. The fraction of sp³-hybridized carbons (Fsp3) is 0.433. The number of hydrogen-bond donors (Lipinski definition) is 0. The zero-order valence-corrected chi connectivity index (χ0v) is 21.2. The molecular formula is C30H37N3O3. The molecule has 3 aromatic rings. The maximum Gasteiger partial charge on any atom is 0.231 e. The molecule has 1 atom stereocenters. The summed E-state index contributed by atoms with van der Waals surface area (Å²) in [5, 5.41) is 0. The highest BCUT2D eigenvalue weighted by Gasteiger charge is 2.31. The van der Waals surface area contributed by atoms with Gasteiger partial charge in [0.1, 0.15) is 0 Å². The summed E-state index contributed by atoms with van der Waals surface area (Å²) in [4.78, 5) is 9.57. The van der Waals surface area contributed by atoms with Gasteiger partial charge in [-0.1, -0.05) is 42.5 Å². The Labute approximate surface area is 214 Å². The summed E-state index contributed by atoms with van der Waals surface area (Å²) in [6.07, 6.45) is 7.28. The van der Waals surface area contributed by atoms with Crippen LogP contribution in [-0.2, 0) is 24.2 Å². The number of ether oxygens (including phenoxy) is 3. The minimum absolute atomic E-state index is 0.325. The van der Waals surface area contributed by atoms with Gasteiger partial charge in [0, 0.05) is 45.2 Å². The highest BCUT2D eigenvalue weighted by Crippen LogP contribution is 2.34. The number of likely N-dealkylation sites (tertiary alicyclic amines) is 1. The average molecular weight is 488 g/mol. The molecule has 1 fully saturated rings. The van der Waals surface area contributed by atoms with Gasteiger partial charge in [0.25, 0.3) is 0 Å². The molecule has 0 unspecified atom stereocenters. The van der Waals surface area contributed by atoms with Gasteiger partial charge in [0.05, 0.1) is 6.61 Å². The number of nitrogens with zero attached hydrogens (tertiary/aromatic N) is 3. The first-order valence-electron chi connectivity index (χ1n) is 13.0. The molecule has 190 valence electrons. The number of benzene rings is 2. The van der Waals surface area contributed by atoms with Gasteiger partial charge in [-0.25, -0.2) is 0 Å². The Balaban J connectivity index is 1.28. The molecule has 1 saturated heterocycles. The third-order valence-corrected chi connectivity index (χ3v) is 7.47. The van der Waals surface area contributed by atoms with Crippen molar-refractivity contribution in [3.05, 3.63) is 89.7 Å². The quantitative estimate of drug-likeness (QED) is 0.388. The minimum Gasteiger partial charge on any atom is -0.454 e. The summed E-state index contributed by atoms with van der Waals surface area (Å²) >= 11 is 0.